The Morgan fingerprint density at radius 3 is 1.44 bits per heavy atom. The topological polar surface area (TPSA) is 100 Å². The standard InChI is InChI=1S/C32H21N5O2/c38-37(39)32-28-17-15-26(35-28)30(20-7-3-1-4-8-20)24-13-11-22(33-24)19-23-12-14-25(34-23)31(21-9-5-2-6-10-21)27-16-18-29(32)36-27/h1-19,33-34H. The first-order valence-corrected chi connectivity index (χ1v) is 12.5. The molecule has 0 fully saturated rings. The van der Waals surface area contributed by atoms with Gasteiger partial charge >= 0.3 is 5.69 Å². The average Bonchev–Trinajstić information content (AvgIpc) is 3.76. The second-order valence-electron chi connectivity index (χ2n) is 9.32. The van der Waals surface area contributed by atoms with Gasteiger partial charge in [-0.15, -0.1) is 0 Å². The third-order valence-electron chi connectivity index (χ3n) is 6.85. The number of H-pyrrole nitrogens is 2. The van der Waals surface area contributed by atoms with Gasteiger partial charge in [0.1, 0.15) is 11.4 Å². The van der Waals surface area contributed by atoms with Crippen molar-refractivity contribution in [1.29, 1.82) is 0 Å². The van der Waals surface area contributed by atoms with Gasteiger partial charge in [0, 0.05) is 33.2 Å². The Morgan fingerprint density at radius 2 is 1.00 bits per heavy atom. The molecule has 5 heterocycles. The molecule has 7 nitrogen and oxygen atoms in total. The lowest BCUT2D eigenvalue weighted by atomic mass is 10.0. The largest absolute Gasteiger partial charge is 0.355 e. The SMILES string of the molecule is O=[N+]([O-])c1c2nc(c(-c3ccccc3)c3ccc(cc4ccc([nH]4)c(-c4ccccc4)c4nc1C=C4)[nH]3)C=C2. The predicted molar refractivity (Wildman–Crippen MR) is 156 cm³/mol. The molecule has 2 aliphatic heterocycles. The van der Waals surface area contributed by atoms with Crippen LogP contribution in [0, 0.1) is 10.1 Å². The van der Waals surface area contributed by atoms with Gasteiger partial charge in [0.05, 0.1) is 16.3 Å². The molecule has 0 atom stereocenters. The highest BCUT2D eigenvalue weighted by molar-refractivity contribution is 5.94. The summed E-state index contributed by atoms with van der Waals surface area (Å²) in [7, 11) is 0. The van der Waals surface area contributed by atoms with Crippen LogP contribution in [0.1, 0.15) is 22.8 Å². The fourth-order valence-electron chi connectivity index (χ4n) is 5.13. The summed E-state index contributed by atoms with van der Waals surface area (Å²) in [6.07, 6.45) is 7.03. The third-order valence-corrected chi connectivity index (χ3v) is 6.85. The summed E-state index contributed by atoms with van der Waals surface area (Å²) >= 11 is 0. The predicted octanol–water partition coefficient (Wildman–Crippen LogP) is 7.90. The van der Waals surface area contributed by atoms with Crippen LogP contribution in [0.5, 0.6) is 0 Å². The number of nitrogens with zero attached hydrogens (tertiary/aromatic N) is 3. The van der Waals surface area contributed by atoms with E-state index in [1.165, 1.54) is 0 Å². The molecule has 0 unspecified atom stereocenters. The van der Waals surface area contributed by atoms with E-state index in [0.29, 0.717) is 11.4 Å². The number of nitro groups is 1. The molecule has 2 N–H and O–H groups in total. The van der Waals surface area contributed by atoms with Crippen molar-refractivity contribution < 1.29 is 4.92 Å². The Kier molecular flexibility index (Phi) is 5.26. The quantitative estimate of drug-likeness (QED) is 0.187. The first-order valence-electron chi connectivity index (χ1n) is 12.5. The van der Waals surface area contributed by atoms with Gasteiger partial charge in [0.2, 0.25) is 0 Å². The summed E-state index contributed by atoms with van der Waals surface area (Å²) in [5, 5.41) is 12.4. The van der Waals surface area contributed by atoms with Crippen LogP contribution in [0.15, 0.2) is 91.0 Å². The molecule has 0 saturated heterocycles. The van der Waals surface area contributed by atoms with Gasteiger partial charge in [-0.2, -0.15) is 0 Å². The highest BCUT2D eigenvalue weighted by atomic mass is 16.6. The maximum Gasteiger partial charge on any atom is 0.320 e. The fraction of sp³-hybridized carbons (Fsp3) is 0. The number of hydrogen-bond donors (Lipinski definition) is 2. The number of benzene rings is 2. The summed E-state index contributed by atoms with van der Waals surface area (Å²) in [5.74, 6) is 0. The Morgan fingerprint density at radius 1 is 0.564 bits per heavy atom. The molecule has 39 heavy (non-hydrogen) atoms. The first kappa shape index (κ1) is 22.6. The lowest BCUT2D eigenvalue weighted by molar-refractivity contribution is -0.385. The van der Waals surface area contributed by atoms with Crippen molar-refractivity contribution in [2.45, 2.75) is 0 Å². The zero-order valence-electron chi connectivity index (χ0n) is 20.6. The minimum Gasteiger partial charge on any atom is -0.355 e. The highest BCUT2D eigenvalue weighted by Crippen LogP contribution is 2.35. The lowest BCUT2D eigenvalue weighted by Crippen LogP contribution is -1.95. The Labute approximate surface area is 223 Å². The number of nitrogens with one attached hydrogen (secondary N) is 2. The van der Waals surface area contributed by atoms with E-state index < -0.39 is 4.92 Å². The summed E-state index contributed by atoms with van der Waals surface area (Å²) in [6, 6.07) is 29.9. The van der Waals surface area contributed by atoms with E-state index in [1.807, 2.05) is 97.1 Å². The molecule has 0 aliphatic carbocycles. The number of hydrogen-bond acceptors (Lipinski definition) is 4. The van der Waals surface area contributed by atoms with Gasteiger partial charge in [0.25, 0.3) is 0 Å². The molecule has 7 heteroatoms. The minimum atomic E-state index is -0.403. The van der Waals surface area contributed by atoms with Crippen LogP contribution >= 0.6 is 0 Å². The van der Waals surface area contributed by atoms with Gasteiger partial charge in [-0.05, 0) is 65.8 Å². The lowest BCUT2D eigenvalue weighted by Gasteiger charge is -2.03. The van der Waals surface area contributed by atoms with Crippen molar-refractivity contribution in [3.8, 4) is 22.3 Å². The molecule has 3 aromatic heterocycles. The molecule has 0 saturated carbocycles. The molecule has 186 valence electrons. The van der Waals surface area contributed by atoms with Crippen molar-refractivity contribution in [1.82, 2.24) is 19.9 Å². The zero-order valence-corrected chi connectivity index (χ0v) is 20.6. The molecule has 2 aromatic carbocycles. The van der Waals surface area contributed by atoms with E-state index in [2.05, 4.69) is 16.0 Å². The van der Waals surface area contributed by atoms with E-state index in [0.717, 1.165) is 44.3 Å². The number of aromatic amines is 2. The van der Waals surface area contributed by atoms with Crippen molar-refractivity contribution in [2.24, 2.45) is 0 Å². The van der Waals surface area contributed by atoms with Gasteiger partial charge < -0.3 is 9.97 Å². The summed E-state index contributed by atoms with van der Waals surface area (Å²) < 4.78 is 0. The smallest absolute Gasteiger partial charge is 0.320 e. The third kappa shape index (κ3) is 4.02. The monoisotopic (exact) mass is 507 g/mol. The zero-order chi connectivity index (χ0) is 26.3. The summed E-state index contributed by atoms with van der Waals surface area (Å²) in [5.41, 5.74) is 8.87. The molecule has 0 spiro atoms. The van der Waals surface area contributed by atoms with Gasteiger partial charge in [-0.1, -0.05) is 60.7 Å². The van der Waals surface area contributed by atoms with Crippen LogP contribution in [0.4, 0.5) is 5.69 Å². The fourth-order valence-corrected chi connectivity index (χ4v) is 5.13. The Hall–Kier alpha value is -5.56. The highest BCUT2D eigenvalue weighted by Gasteiger charge is 2.24. The second kappa shape index (κ2) is 9.08. The van der Waals surface area contributed by atoms with E-state index in [4.69, 9.17) is 9.97 Å². The van der Waals surface area contributed by atoms with Crippen LogP contribution in [0.25, 0.3) is 68.6 Å². The van der Waals surface area contributed by atoms with Crippen LogP contribution in [-0.2, 0) is 0 Å². The first-order chi connectivity index (χ1) is 19.1. The molecule has 0 radical (unpaired) electrons. The van der Waals surface area contributed by atoms with E-state index in [1.54, 1.807) is 12.2 Å². The second-order valence-corrected chi connectivity index (χ2v) is 9.32. The summed E-state index contributed by atoms with van der Waals surface area (Å²) in [4.78, 5) is 28.5. The molecular formula is C32H21N5O2. The van der Waals surface area contributed by atoms with Gasteiger partial charge in [-0.3, -0.25) is 10.1 Å². The molecule has 7 rings (SSSR count). The van der Waals surface area contributed by atoms with Crippen molar-refractivity contribution in [3.63, 3.8) is 0 Å². The van der Waals surface area contributed by atoms with Crippen LogP contribution in [0.3, 0.4) is 0 Å². The maximum absolute atomic E-state index is 12.4. The normalized spacial score (nSPS) is 12.1. The number of rotatable bonds is 3. The van der Waals surface area contributed by atoms with Gasteiger partial charge in [-0.25, -0.2) is 9.97 Å². The van der Waals surface area contributed by atoms with E-state index in [-0.39, 0.29) is 17.1 Å². The molecule has 0 amide bonds. The maximum atomic E-state index is 12.4. The van der Waals surface area contributed by atoms with Gasteiger partial charge in [0.15, 0.2) is 0 Å². The average molecular weight is 508 g/mol. The molecule has 8 bridgehead atoms. The Balaban J connectivity index is 1.65. The Bertz CT molecular complexity index is 1850. The number of fused-ring (bicyclic) bond motifs is 8. The minimum absolute atomic E-state index is 0.132. The van der Waals surface area contributed by atoms with Crippen molar-refractivity contribution in [3.05, 3.63) is 124 Å². The van der Waals surface area contributed by atoms with E-state index in [9.17, 15) is 10.1 Å². The summed E-state index contributed by atoms with van der Waals surface area (Å²) in [6.45, 7) is 0. The van der Waals surface area contributed by atoms with Crippen LogP contribution in [0.2, 0.25) is 0 Å². The van der Waals surface area contributed by atoms with Crippen LogP contribution in [-0.4, -0.2) is 24.9 Å². The van der Waals surface area contributed by atoms with E-state index >= 15 is 0 Å². The molecular weight excluding hydrogens is 486 g/mol. The molecule has 2 aliphatic rings. The molecule has 5 aromatic rings. The van der Waals surface area contributed by atoms with Crippen molar-refractivity contribution in [2.75, 3.05) is 0 Å². The number of aromatic nitrogens is 4. The van der Waals surface area contributed by atoms with Crippen molar-refractivity contribution >= 4 is 52.1 Å². The van der Waals surface area contributed by atoms with Crippen LogP contribution < -0.4 is 0 Å².